The highest BCUT2D eigenvalue weighted by Gasteiger charge is 2.25. The van der Waals surface area contributed by atoms with Gasteiger partial charge in [-0.25, -0.2) is 17.5 Å². The van der Waals surface area contributed by atoms with Crippen LogP contribution < -0.4 is 10.5 Å². The number of halogens is 2. The zero-order valence-electron chi connectivity index (χ0n) is 11.8. The zero-order chi connectivity index (χ0) is 15.6. The Morgan fingerprint density at radius 1 is 1.48 bits per heavy atom. The minimum absolute atomic E-state index is 0.0871. The highest BCUT2D eigenvalue weighted by molar-refractivity contribution is 7.89. The summed E-state index contributed by atoms with van der Waals surface area (Å²) in [4.78, 5) is 1.60. The molecule has 1 fully saturated rings. The van der Waals surface area contributed by atoms with E-state index in [9.17, 15) is 12.8 Å². The van der Waals surface area contributed by atoms with Crippen LogP contribution in [-0.4, -0.2) is 39.5 Å². The van der Waals surface area contributed by atoms with E-state index in [1.807, 2.05) is 7.05 Å². The zero-order valence-corrected chi connectivity index (χ0v) is 13.3. The Morgan fingerprint density at radius 2 is 2.19 bits per heavy atom. The Hall–Kier alpha value is -0.890. The second kappa shape index (κ2) is 6.48. The SMILES string of the molecule is CN1CCCCC1CNS(=O)(=O)c1cc(Cl)cc(N)c1F. The van der Waals surface area contributed by atoms with E-state index < -0.39 is 20.7 Å². The molecule has 1 unspecified atom stereocenters. The summed E-state index contributed by atoms with van der Waals surface area (Å²) < 4.78 is 40.8. The number of anilines is 1. The Kier molecular flexibility index (Phi) is 5.08. The molecule has 21 heavy (non-hydrogen) atoms. The van der Waals surface area contributed by atoms with E-state index in [2.05, 4.69) is 9.62 Å². The topological polar surface area (TPSA) is 75.4 Å². The van der Waals surface area contributed by atoms with E-state index in [0.29, 0.717) is 0 Å². The Morgan fingerprint density at radius 3 is 2.86 bits per heavy atom. The number of likely N-dealkylation sites (N-methyl/N-ethyl adjacent to an activating group) is 1. The lowest BCUT2D eigenvalue weighted by Crippen LogP contribution is -2.44. The van der Waals surface area contributed by atoms with Crippen molar-refractivity contribution in [2.24, 2.45) is 0 Å². The summed E-state index contributed by atoms with van der Waals surface area (Å²) in [5.41, 5.74) is 5.14. The van der Waals surface area contributed by atoms with Gasteiger partial charge in [0, 0.05) is 17.6 Å². The molecule has 1 aromatic rings. The van der Waals surface area contributed by atoms with Gasteiger partial charge in [-0.15, -0.1) is 0 Å². The molecule has 0 amide bonds. The fraction of sp³-hybridized carbons (Fsp3) is 0.538. The third-order valence-corrected chi connectivity index (χ3v) is 5.39. The summed E-state index contributed by atoms with van der Waals surface area (Å²) in [5, 5.41) is 0.0871. The standard InChI is InChI=1S/C13H19ClFN3O2S/c1-18-5-3-2-4-10(18)8-17-21(19,20)12-7-9(14)6-11(16)13(12)15/h6-7,10,17H,2-5,8,16H2,1H3. The molecule has 2 rings (SSSR count). The molecule has 0 aliphatic carbocycles. The van der Waals surface area contributed by atoms with E-state index in [0.717, 1.165) is 31.9 Å². The second-order valence-electron chi connectivity index (χ2n) is 5.29. The van der Waals surface area contributed by atoms with Gasteiger partial charge in [0.2, 0.25) is 10.0 Å². The Labute approximate surface area is 129 Å². The average Bonchev–Trinajstić information content (AvgIpc) is 2.42. The molecule has 1 saturated heterocycles. The number of nitrogen functional groups attached to an aromatic ring is 1. The molecule has 8 heteroatoms. The first kappa shape index (κ1) is 16.5. The smallest absolute Gasteiger partial charge is 0.243 e. The van der Waals surface area contributed by atoms with E-state index in [1.54, 1.807) is 0 Å². The number of nitrogens with one attached hydrogen (secondary N) is 1. The van der Waals surface area contributed by atoms with Crippen molar-refractivity contribution in [3.8, 4) is 0 Å². The number of nitrogens with zero attached hydrogens (tertiary/aromatic N) is 1. The van der Waals surface area contributed by atoms with Crippen molar-refractivity contribution in [3.05, 3.63) is 23.0 Å². The summed E-state index contributed by atoms with van der Waals surface area (Å²) >= 11 is 5.75. The number of piperidine rings is 1. The molecule has 1 aromatic carbocycles. The van der Waals surface area contributed by atoms with Gasteiger partial charge >= 0.3 is 0 Å². The largest absolute Gasteiger partial charge is 0.396 e. The van der Waals surface area contributed by atoms with Crippen molar-refractivity contribution < 1.29 is 12.8 Å². The Balaban J connectivity index is 2.15. The van der Waals surface area contributed by atoms with Gasteiger partial charge < -0.3 is 10.6 Å². The van der Waals surface area contributed by atoms with Gasteiger partial charge in [0.1, 0.15) is 4.90 Å². The van der Waals surface area contributed by atoms with E-state index >= 15 is 0 Å². The van der Waals surface area contributed by atoms with Gasteiger partial charge in [0.05, 0.1) is 5.69 Å². The van der Waals surface area contributed by atoms with Crippen LogP contribution in [0, 0.1) is 5.82 Å². The maximum Gasteiger partial charge on any atom is 0.243 e. The van der Waals surface area contributed by atoms with Gasteiger partial charge in [-0.05, 0) is 38.6 Å². The van der Waals surface area contributed by atoms with Crippen LogP contribution in [0.1, 0.15) is 19.3 Å². The normalized spacial score (nSPS) is 20.6. The lowest BCUT2D eigenvalue weighted by atomic mass is 10.0. The van der Waals surface area contributed by atoms with Crippen LogP contribution in [-0.2, 0) is 10.0 Å². The van der Waals surface area contributed by atoms with Gasteiger partial charge in [-0.2, -0.15) is 0 Å². The molecular weight excluding hydrogens is 317 g/mol. The first-order chi connectivity index (χ1) is 9.81. The number of hydrogen-bond acceptors (Lipinski definition) is 4. The number of sulfonamides is 1. The number of rotatable bonds is 4. The van der Waals surface area contributed by atoms with E-state index in [4.69, 9.17) is 17.3 Å². The summed E-state index contributed by atoms with van der Waals surface area (Å²) in [6, 6.07) is 2.37. The molecule has 1 aliphatic heterocycles. The third-order valence-electron chi connectivity index (χ3n) is 3.75. The molecular formula is C13H19ClFN3O2S. The molecule has 1 heterocycles. The highest BCUT2D eigenvalue weighted by atomic mass is 35.5. The first-order valence-electron chi connectivity index (χ1n) is 6.75. The van der Waals surface area contributed by atoms with Crippen molar-refractivity contribution in [1.82, 2.24) is 9.62 Å². The molecule has 0 aromatic heterocycles. The average molecular weight is 336 g/mol. The van der Waals surface area contributed by atoms with Crippen LogP contribution in [0.3, 0.4) is 0 Å². The highest BCUT2D eigenvalue weighted by Crippen LogP contribution is 2.25. The van der Waals surface area contributed by atoms with Crippen molar-refractivity contribution >= 4 is 27.3 Å². The molecule has 0 saturated carbocycles. The maximum atomic E-state index is 13.9. The van der Waals surface area contributed by atoms with Gasteiger partial charge in [-0.3, -0.25) is 0 Å². The van der Waals surface area contributed by atoms with Crippen molar-refractivity contribution in [2.75, 3.05) is 25.9 Å². The molecule has 1 aliphatic rings. The molecule has 0 radical (unpaired) electrons. The fourth-order valence-electron chi connectivity index (χ4n) is 2.47. The maximum absolute atomic E-state index is 13.9. The van der Waals surface area contributed by atoms with Crippen LogP contribution in [0.5, 0.6) is 0 Å². The van der Waals surface area contributed by atoms with Gasteiger partial charge in [0.25, 0.3) is 0 Å². The number of nitrogens with two attached hydrogens (primary N) is 1. The quantitative estimate of drug-likeness (QED) is 0.823. The lowest BCUT2D eigenvalue weighted by molar-refractivity contribution is 0.187. The third kappa shape index (κ3) is 3.85. The predicted octanol–water partition coefficient (Wildman–Crippen LogP) is 1.82. The predicted molar refractivity (Wildman–Crippen MR) is 81.3 cm³/mol. The van der Waals surface area contributed by atoms with Crippen LogP contribution >= 0.6 is 11.6 Å². The van der Waals surface area contributed by atoms with Crippen LogP contribution in [0.25, 0.3) is 0 Å². The molecule has 1 atom stereocenters. The summed E-state index contributed by atoms with van der Waals surface area (Å²) in [6.07, 6.45) is 3.09. The molecule has 5 nitrogen and oxygen atoms in total. The molecule has 0 spiro atoms. The molecule has 0 bridgehead atoms. The van der Waals surface area contributed by atoms with Crippen molar-refractivity contribution in [2.45, 2.75) is 30.2 Å². The second-order valence-corrected chi connectivity index (χ2v) is 7.46. The first-order valence-corrected chi connectivity index (χ1v) is 8.62. The number of hydrogen-bond donors (Lipinski definition) is 2. The van der Waals surface area contributed by atoms with Crippen LogP contribution in [0.2, 0.25) is 5.02 Å². The van der Waals surface area contributed by atoms with Gasteiger partial charge in [0.15, 0.2) is 5.82 Å². The summed E-state index contributed by atoms with van der Waals surface area (Å²) in [6.45, 7) is 1.18. The lowest BCUT2D eigenvalue weighted by Gasteiger charge is -2.32. The molecule has 118 valence electrons. The van der Waals surface area contributed by atoms with E-state index in [1.165, 1.54) is 6.07 Å². The number of likely N-dealkylation sites (tertiary alicyclic amines) is 1. The van der Waals surface area contributed by atoms with Gasteiger partial charge in [-0.1, -0.05) is 18.0 Å². The van der Waals surface area contributed by atoms with Crippen molar-refractivity contribution in [1.29, 1.82) is 0 Å². The monoisotopic (exact) mass is 335 g/mol. The van der Waals surface area contributed by atoms with Crippen LogP contribution in [0.15, 0.2) is 17.0 Å². The Bertz CT molecular complexity index is 624. The minimum atomic E-state index is -3.97. The number of benzene rings is 1. The van der Waals surface area contributed by atoms with Crippen molar-refractivity contribution in [3.63, 3.8) is 0 Å². The summed E-state index contributed by atoms with van der Waals surface area (Å²) in [5.74, 6) is -0.969. The molecule has 3 N–H and O–H groups in total. The summed E-state index contributed by atoms with van der Waals surface area (Å²) in [7, 11) is -2.02. The van der Waals surface area contributed by atoms with E-state index in [-0.39, 0.29) is 23.3 Å². The fourth-order valence-corrected chi connectivity index (χ4v) is 3.96. The minimum Gasteiger partial charge on any atom is -0.396 e. The van der Waals surface area contributed by atoms with Crippen LogP contribution in [0.4, 0.5) is 10.1 Å².